The number of ether oxygens (including phenoxy) is 3. The van der Waals surface area contributed by atoms with Crippen LogP contribution in [0.5, 0.6) is 11.5 Å². The lowest BCUT2D eigenvalue weighted by molar-refractivity contribution is -0.00546. The van der Waals surface area contributed by atoms with E-state index >= 15 is 0 Å². The molecule has 1 fully saturated rings. The second kappa shape index (κ2) is 7.44. The minimum Gasteiger partial charge on any atom is -0.454 e. The first kappa shape index (κ1) is 17.6. The van der Waals surface area contributed by atoms with Crippen molar-refractivity contribution in [3.8, 4) is 11.5 Å². The Morgan fingerprint density at radius 3 is 2.67 bits per heavy atom. The van der Waals surface area contributed by atoms with E-state index in [4.69, 9.17) is 14.2 Å². The number of carbonyl (C=O) groups excluding carboxylic acids is 1. The molecule has 0 saturated carbocycles. The van der Waals surface area contributed by atoms with Gasteiger partial charge in [0.2, 0.25) is 6.79 Å². The third-order valence-corrected chi connectivity index (χ3v) is 4.64. The van der Waals surface area contributed by atoms with E-state index in [1.54, 1.807) is 24.4 Å². The molecule has 2 aromatic rings. The minimum absolute atomic E-state index is 0.159. The molecule has 1 aromatic carbocycles. The number of carbonyl (C=O) groups is 1. The summed E-state index contributed by atoms with van der Waals surface area (Å²) in [7, 11) is 0. The lowest BCUT2D eigenvalue weighted by atomic mass is 10.2. The lowest BCUT2D eigenvalue weighted by Crippen LogP contribution is -2.45. The maximum atomic E-state index is 12.4. The van der Waals surface area contributed by atoms with Gasteiger partial charge in [-0.15, -0.1) is 0 Å². The molecule has 1 N–H and O–H groups in total. The van der Waals surface area contributed by atoms with Crippen molar-refractivity contribution in [3.05, 3.63) is 47.7 Å². The van der Waals surface area contributed by atoms with Crippen molar-refractivity contribution in [3.63, 3.8) is 0 Å². The second-order valence-electron chi connectivity index (χ2n) is 6.94. The number of morpholine rings is 1. The van der Waals surface area contributed by atoms with Crippen LogP contribution in [0.4, 0.5) is 5.82 Å². The number of pyridine rings is 1. The zero-order valence-electron chi connectivity index (χ0n) is 15.5. The number of anilines is 1. The molecule has 0 radical (unpaired) electrons. The van der Waals surface area contributed by atoms with Gasteiger partial charge in [-0.1, -0.05) is 6.07 Å². The summed E-state index contributed by atoms with van der Waals surface area (Å²) in [6, 6.07) is 9.16. The Bertz CT molecular complexity index is 814. The molecule has 2 aliphatic rings. The van der Waals surface area contributed by atoms with Crippen LogP contribution in [0.1, 0.15) is 29.8 Å². The van der Waals surface area contributed by atoms with Gasteiger partial charge in [0.1, 0.15) is 5.82 Å². The predicted octanol–water partition coefficient (Wildman–Crippen LogP) is 2.35. The van der Waals surface area contributed by atoms with Crippen LogP contribution in [0.2, 0.25) is 0 Å². The van der Waals surface area contributed by atoms with Crippen LogP contribution in [-0.4, -0.2) is 43.0 Å². The molecular weight excluding hydrogens is 346 g/mol. The predicted molar refractivity (Wildman–Crippen MR) is 100 cm³/mol. The smallest absolute Gasteiger partial charge is 0.251 e. The summed E-state index contributed by atoms with van der Waals surface area (Å²) in [4.78, 5) is 19.1. The van der Waals surface area contributed by atoms with Crippen molar-refractivity contribution < 1.29 is 19.0 Å². The number of fused-ring (bicyclic) bond motifs is 1. The zero-order valence-corrected chi connectivity index (χ0v) is 15.5. The number of hydrogen-bond donors (Lipinski definition) is 1. The largest absolute Gasteiger partial charge is 0.454 e. The Kier molecular flexibility index (Phi) is 4.85. The number of rotatable bonds is 4. The van der Waals surface area contributed by atoms with Gasteiger partial charge in [0, 0.05) is 31.4 Å². The molecule has 27 heavy (non-hydrogen) atoms. The van der Waals surface area contributed by atoms with Crippen LogP contribution >= 0.6 is 0 Å². The molecule has 0 unspecified atom stereocenters. The highest BCUT2D eigenvalue weighted by Crippen LogP contribution is 2.32. The monoisotopic (exact) mass is 369 g/mol. The Morgan fingerprint density at radius 2 is 1.93 bits per heavy atom. The van der Waals surface area contributed by atoms with Crippen molar-refractivity contribution in [2.24, 2.45) is 0 Å². The molecule has 7 heteroatoms. The van der Waals surface area contributed by atoms with E-state index in [1.807, 2.05) is 12.1 Å². The first-order valence-electron chi connectivity index (χ1n) is 9.11. The number of hydrogen-bond acceptors (Lipinski definition) is 6. The van der Waals surface area contributed by atoms with Gasteiger partial charge in [0.05, 0.1) is 12.2 Å². The van der Waals surface area contributed by atoms with Crippen molar-refractivity contribution >= 4 is 11.7 Å². The fourth-order valence-corrected chi connectivity index (χ4v) is 3.40. The third-order valence-electron chi connectivity index (χ3n) is 4.64. The van der Waals surface area contributed by atoms with Gasteiger partial charge in [-0.05, 0) is 43.7 Å². The number of amides is 1. The Hall–Kier alpha value is -2.80. The highest BCUT2D eigenvalue weighted by atomic mass is 16.7. The van der Waals surface area contributed by atoms with Crippen LogP contribution < -0.4 is 19.7 Å². The van der Waals surface area contributed by atoms with Crippen molar-refractivity contribution in [1.29, 1.82) is 0 Å². The fourth-order valence-electron chi connectivity index (χ4n) is 3.40. The summed E-state index contributed by atoms with van der Waals surface area (Å²) in [6.07, 6.45) is 2.19. The molecule has 142 valence electrons. The number of nitrogens with one attached hydrogen (secondary N) is 1. The first-order valence-corrected chi connectivity index (χ1v) is 9.11. The Morgan fingerprint density at radius 1 is 1.15 bits per heavy atom. The van der Waals surface area contributed by atoms with Crippen LogP contribution in [-0.2, 0) is 11.3 Å². The molecule has 1 aromatic heterocycles. The van der Waals surface area contributed by atoms with E-state index in [0.29, 0.717) is 23.6 Å². The first-order chi connectivity index (χ1) is 13.1. The summed E-state index contributed by atoms with van der Waals surface area (Å²) >= 11 is 0. The Labute approximate surface area is 158 Å². The van der Waals surface area contributed by atoms with Crippen molar-refractivity contribution in [1.82, 2.24) is 10.3 Å². The normalized spacial score (nSPS) is 21.2. The highest BCUT2D eigenvalue weighted by Gasteiger charge is 2.23. The van der Waals surface area contributed by atoms with E-state index in [1.165, 1.54) is 0 Å². The van der Waals surface area contributed by atoms with Crippen LogP contribution in [0.15, 0.2) is 36.5 Å². The zero-order chi connectivity index (χ0) is 18.8. The summed E-state index contributed by atoms with van der Waals surface area (Å²) in [5.74, 6) is 2.04. The quantitative estimate of drug-likeness (QED) is 0.892. The fraction of sp³-hybridized carbons (Fsp3) is 0.400. The molecular formula is C20H23N3O4. The van der Waals surface area contributed by atoms with Gasteiger partial charge < -0.3 is 24.4 Å². The van der Waals surface area contributed by atoms with E-state index in [9.17, 15) is 4.79 Å². The van der Waals surface area contributed by atoms with E-state index in [-0.39, 0.29) is 24.9 Å². The molecule has 4 rings (SSSR count). The molecule has 0 bridgehead atoms. The lowest BCUT2D eigenvalue weighted by Gasteiger charge is -2.36. The van der Waals surface area contributed by atoms with Crippen LogP contribution in [0.3, 0.4) is 0 Å². The molecule has 3 heterocycles. The van der Waals surface area contributed by atoms with Crippen LogP contribution in [0.25, 0.3) is 0 Å². The molecule has 7 nitrogen and oxygen atoms in total. The molecule has 2 aliphatic heterocycles. The van der Waals surface area contributed by atoms with Gasteiger partial charge in [-0.2, -0.15) is 0 Å². The molecule has 1 amide bonds. The number of aromatic nitrogens is 1. The number of benzene rings is 1. The van der Waals surface area contributed by atoms with Gasteiger partial charge in [0.25, 0.3) is 5.91 Å². The number of nitrogens with zero attached hydrogens (tertiary/aromatic N) is 2. The second-order valence-corrected chi connectivity index (χ2v) is 6.94. The van der Waals surface area contributed by atoms with Crippen molar-refractivity contribution in [2.45, 2.75) is 32.6 Å². The third kappa shape index (κ3) is 3.98. The molecule has 2 atom stereocenters. The molecule has 0 spiro atoms. The van der Waals surface area contributed by atoms with Crippen LogP contribution in [0, 0.1) is 0 Å². The van der Waals surface area contributed by atoms with Gasteiger partial charge in [-0.25, -0.2) is 4.98 Å². The highest BCUT2D eigenvalue weighted by molar-refractivity contribution is 5.94. The average Bonchev–Trinajstić information content (AvgIpc) is 3.13. The van der Waals surface area contributed by atoms with Crippen molar-refractivity contribution in [2.75, 3.05) is 24.8 Å². The summed E-state index contributed by atoms with van der Waals surface area (Å²) in [5, 5.41) is 2.91. The minimum atomic E-state index is -0.159. The van der Waals surface area contributed by atoms with E-state index in [2.05, 4.69) is 29.0 Å². The maximum Gasteiger partial charge on any atom is 0.251 e. The van der Waals surface area contributed by atoms with Gasteiger partial charge in [0.15, 0.2) is 11.5 Å². The SMILES string of the molecule is C[C@H]1CN(c2ccc(CNC(=O)c3ccc4c(c3)OCO4)cn2)C[C@H](C)O1. The molecule has 0 aliphatic carbocycles. The maximum absolute atomic E-state index is 12.4. The summed E-state index contributed by atoms with van der Waals surface area (Å²) < 4.78 is 16.3. The van der Waals surface area contributed by atoms with Gasteiger partial charge >= 0.3 is 0 Å². The summed E-state index contributed by atoms with van der Waals surface area (Å²) in [6.45, 7) is 6.41. The van der Waals surface area contributed by atoms with E-state index < -0.39 is 0 Å². The van der Waals surface area contributed by atoms with Gasteiger partial charge in [-0.3, -0.25) is 4.79 Å². The Balaban J connectivity index is 1.35. The van der Waals surface area contributed by atoms with E-state index in [0.717, 1.165) is 24.5 Å². The average molecular weight is 369 g/mol. The standard InChI is InChI=1S/C20H23N3O4/c1-13-10-23(11-14(2)27-13)19-6-3-15(8-21-19)9-22-20(24)16-4-5-17-18(7-16)26-12-25-17/h3-8,13-14H,9-12H2,1-2H3,(H,22,24)/t13-,14-/m0/s1. The topological polar surface area (TPSA) is 72.9 Å². The summed E-state index contributed by atoms with van der Waals surface area (Å²) in [5.41, 5.74) is 1.49. The molecule has 1 saturated heterocycles.